The lowest BCUT2D eigenvalue weighted by Crippen LogP contribution is -2.20. The Balaban J connectivity index is 2.37. The molecule has 0 aromatic carbocycles. The third-order valence-corrected chi connectivity index (χ3v) is 3.85. The van der Waals surface area contributed by atoms with Crippen LogP contribution in [0.25, 0.3) is 0 Å². The Morgan fingerprint density at radius 3 is 2.80 bits per heavy atom. The summed E-state index contributed by atoms with van der Waals surface area (Å²) in [6.07, 6.45) is 1.77. The summed E-state index contributed by atoms with van der Waals surface area (Å²) in [5.41, 5.74) is 10.3. The fraction of sp³-hybridized carbons (Fsp3) is 0.429. The van der Waals surface area contributed by atoms with Gasteiger partial charge in [-0.3, -0.25) is 9.67 Å². The Hall–Kier alpha value is -1.24. The molecule has 20 heavy (non-hydrogen) atoms. The zero-order valence-corrected chi connectivity index (χ0v) is 13.5. The number of rotatable bonds is 5. The molecule has 0 aliphatic rings. The minimum Gasteiger partial charge on any atom is -0.383 e. The molecule has 108 valence electrons. The fourth-order valence-corrected chi connectivity index (χ4v) is 2.75. The van der Waals surface area contributed by atoms with Crippen LogP contribution in [0, 0.1) is 13.8 Å². The number of hydrogen-bond acceptors (Lipinski definition) is 4. The van der Waals surface area contributed by atoms with Crippen molar-refractivity contribution in [2.75, 3.05) is 13.7 Å². The van der Waals surface area contributed by atoms with E-state index in [2.05, 4.69) is 26.0 Å². The van der Waals surface area contributed by atoms with Crippen LogP contribution in [0.2, 0.25) is 0 Å². The molecule has 5 nitrogen and oxygen atoms in total. The molecule has 0 saturated heterocycles. The van der Waals surface area contributed by atoms with Gasteiger partial charge in [-0.2, -0.15) is 5.10 Å². The molecule has 2 N–H and O–H groups in total. The van der Waals surface area contributed by atoms with E-state index in [0.29, 0.717) is 13.2 Å². The minimum absolute atomic E-state index is 0.267. The molecular weight excluding hydrogens is 320 g/mol. The van der Waals surface area contributed by atoms with Gasteiger partial charge in [0.05, 0.1) is 35.6 Å². The highest BCUT2D eigenvalue weighted by molar-refractivity contribution is 9.10. The molecule has 0 aliphatic carbocycles. The highest BCUT2D eigenvalue weighted by Crippen LogP contribution is 2.28. The lowest BCUT2D eigenvalue weighted by atomic mass is 10.0. The number of methoxy groups -OCH3 is 1. The zero-order valence-electron chi connectivity index (χ0n) is 11.9. The van der Waals surface area contributed by atoms with E-state index in [1.165, 1.54) is 0 Å². The first kappa shape index (κ1) is 15.2. The van der Waals surface area contributed by atoms with E-state index in [-0.39, 0.29) is 6.04 Å². The average molecular weight is 339 g/mol. The maximum Gasteiger partial charge on any atom is 0.0752 e. The van der Waals surface area contributed by atoms with E-state index < -0.39 is 0 Å². The third kappa shape index (κ3) is 3.08. The second kappa shape index (κ2) is 6.47. The van der Waals surface area contributed by atoms with Gasteiger partial charge in [0.15, 0.2) is 0 Å². The van der Waals surface area contributed by atoms with Crippen LogP contribution in [0.15, 0.2) is 22.8 Å². The number of halogens is 1. The summed E-state index contributed by atoms with van der Waals surface area (Å²) < 4.78 is 7.88. The van der Waals surface area contributed by atoms with E-state index in [0.717, 1.165) is 27.1 Å². The Bertz CT molecular complexity index is 597. The molecule has 2 rings (SSSR count). The first-order valence-corrected chi connectivity index (χ1v) is 7.23. The van der Waals surface area contributed by atoms with Crippen molar-refractivity contribution in [3.05, 3.63) is 45.4 Å². The number of pyridine rings is 1. The van der Waals surface area contributed by atoms with Crippen molar-refractivity contribution in [1.82, 2.24) is 14.8 Å². The normalized spacial score (nSPS) is 12.7. The zero-order chi connectivity index (χ0) is 14.7. The third-order valence-electron chi connectivity index (χ3n) is 3.24. The lowest BCUT2D eigenvalue weighted by Gasteiger charge is -2.17. The number of ether oxygens (including phenoxy) is 1. The monoisotopic (exact) mass is 338 g/mol. The van der Waals surface area contributed by atoms with Crippen molar-refractivity contribution in [3.8, 4) is 0 Å². The summed E-state index contributed by atoms with van der Waals surface area (Å²) >= 11 is 3.52. The van der Waals surface area contributed by atoms with Gasteiger partial charge in [0.2, 0.25) is 0 Å². The van der Waals surface area contributed by atoms with Crippen molar-refractivity contribution in [2.24, 2.45) is 5.73 Å². The highest BCUT2D eigenvalue weighted by Gasteiger charge is 2.20. The lowest BCUT2D eigenvalue weighted by molar-refractivity contribution is 0.182. The van der Waals surface area contributed by atoms with E-state index in [9.17, 15) is 0 Å². The van der Waals surface area contributed by atoms with Crippen LogP contribution in [0.1, 0.15) is 28.7 Å². The molecule has 2 heterocycles. The molecule has 0 spiro atoms. The van der Waals surface area contributed by atoms with Crippen molar-refractivity contribution in [1.29, 1.82) is 0 Å². The number of aromatic nitrogens is 3. The van der Waals surface area contributed by atoms with E-state index >= 15 is 0 Å². The second-order valence-corrected chi connectivity index (χ2v) is 5.55. The van der Waals surface area contributed by atoms with Gasteiger partial charge >= 0.3 is 0 Å². The van der Waals surface area contributed by atoms with Crippen LogP contribution in [-0.4, -0.2) is 28.5 Å². The second-order valence-electron chi connectivity index (χ2n) is 4.70. The summed E-state index contributed by atoms with van der Waals surface area (Å²) in [6, 6.07) is 3.74. The molecular formula is C14H19BrN4O. The number of hydrogen-bond donors (Lipinski definition) is 1. The molecule has 1 unspecified atom stereocenters. The highest BCUT2D eigenvalue weighted by atomic mass is 79.9. The molecule has 0 bridgehead atoms. The van der Waals surface area contributed by atoms with Crippen molar-refractivity contribution in [2.45, 2.75) is 26.4 Å². The summed E-state index contributed by atoms with van der Waals surface area (Å²) in [5.74, 6) is 0. The fourth-order valence-electron chi connectivity index (χ4n) is 2.21. The van der Waals surface area contributed by atoms with Crippen LogP contribution in [0.4, 0.5) is 0 Å². The Kier molecular flexibility index (Phi) is 4.91. The standard InChI is InChI=1S/C14H19BrN4O/c1-9-4-5-11(10(2)18-9)13(16)14-12(15)8-17-19(14)6-7-20-3/h4-5,8,13H,6-7,16H2,1-3H3. The predicted molar refractivity (Wildman–Crippen MR) is 81.5 cm³/mol. The largest absolute Gasteiger partial charge is 0.383 e. The first-order chi connectivity index (χ1) is 9.54. The Labute approximate surface area is 127 Å². The van der Waals surface area contributed by atoms with Crippen LogP contribution < -0.4 is 5.73 Å². The average Bonchev–Trinajstić information content (AvgIpc) is 2.77. The number of aryl methyl sites for hydroxylation is 2. The smallest absolute Gasteiger partial charge is 0.0752 e. The molecule has 6 heteroatoms. The van der Waals surface area contributed by atoms with Crippen molar-refractivity contribution < 1.29 is 4.74 Å². The molecule has 0 radical (unpaired) electrons. The van der Waals surface area contributed by atoms with Gasteiger partial charge in [-0.1, -0.05) is 6.07 Å². The van der Waals surface area contributed by atoms with Gasteiger partial charge in [-0.25, -0.2) is 0 Å². The number of nitrogens with two attached hydrogens (primary N) is 1. The van der Waals surface area contributed by atoms with E-state index in [1.54, 1.807) is 13.3 Å². The van der Waals surface area contributed by atoms with Gasteiger partial charge < -0.3 is 10.5 Å². The molecule has 2 aromatic heterocycles. The van der Waals surface area contributed by atoms with Gasteiger partial charge in [-0.15, -0.1) is 0 Å². The predicted octanol–water partition coefficient (Wildman–Crippen LogP) is 2.35. The molecule has 0 amide bonds. The van der Waals surface area contributed by atoms with Crippen molar-refractivity contribution in [3.63, 3.8) is 0 Å². The maximum atomic E-state index is 6.41. The van der Waals surface area contributed by atoms with Crippen LogP contribution in [-0.2, 0) is 11.3 Å². The summed E-state index contributed by atoms with van der Waals surface area (Å²) in [6.45, 7) is 5.22. The Morgan fingerprint density at radius 2 is 2.15 bits per heavy atom. The molecule has 0 aliphatic heterocycles. The van der Waals surface area contributed by atoms with Crippen LogP contribution in [0.3, 0.4) is 0 Å². The van der Waals surface area contributed by atoms with E-state index in [4.69, 9.17) is 10.5 Å². The van der Waals surface area contributed by atoms with Crippen molar-refractivity contribution >= 4 is 15.9 Å². The topological polar surface area (TPSA) is 66.0 Å². The molecule has 1 atom stereocenters. The Morgan fingerprint density at radius 1 is 1.40 bits per heavy atom. The van der Waals surface area contributed by atoms with E-state index in [1.807, 2.05) is 30.7 Å². The molecule has 0 fully saturated rings. The summed E-state index contributed by atoms with van der Waals surface area (Å²) in [5, 5.41) is 4.34. The quantitative estimate of drug-likeness (QED) is 0.908. The first-order valence-electron chi connectivity index (χ1n) is 6.44. The minimum atomic E-state index is -0.267. The number of nitrogens with zero attached hydrogens (tertiary/aromatic N) is 3. The molecule has 2 aromatic rings. The van der Waals surface area contributed by atoms with Gasteiger partial charge in [0.25, 0.3) is 0 Å². The summed E-state index contributed by atoms with van der Waals surface area (Å²) in [7, 11) is 1.67. The van der Waals surface area contributed by atoms with Gasteiger partial charge in [0.1, 0.15) is 0 Å². The maximum absolute atomic E-state index is 6.41. The van der Waals surface area contributed by atoms with Crippen LogP contribution in [0.5, 0.6) is 0 Å². The van der Waals surface area contributed by atoms with Gasteiger partial charge in [0, 0.05) is 18.5 Å². The molecule has 0 saturated carbocycles. The summed E-state index contributed by atoms with van der Waals surface area (Å²) in [4.78, 5) is 4.48. The van der Waals surface area contributed by atoms with Gasteiger partial charge in [-0.05, 0) is 41.4 Å². The van der Waals surface area contributed by atoms with Crippen LogP contribution >= 0.6 is 15.9 Å². The SMILES string of the molecule is COCCn1ncc(Br)c1C(N)c1ccc(C)nc1C.